The first-order chi connectivity index (χ1) is 6.95. The first-order valence-corrected chi connectivity index (χ1v) is 3.51. The second-order valence-electron chi connectivity index (χ2n) is 2.42. The van der Waals surface area contributed by atoms with Gasteiger partial charge in [0.1, 0.15) is 0 Å². The minimum atomic E-state index is -1.14. The summed E-state index contributed by atoms with van der Waals surface area (Å²) in [6.45, 7) is 0. The van der Waals surface area contributed by atoms with Gasteiger partial charge in [0.25, 0.3) is 0 Å². The Morgan fingerprint density at radius 3 is 1.44 bits per heavy atom. The molecule has 10 heteroatoms. The molecule has 0 aliphatic rings. The maximum Gasteiger partial charge on any atom is 0.422 e. The van der Waals surface area contributed by atoms with Gasteiger partial charge in [-0.2, -0.15) is 0 Å². The summed E-state index contributed by atoms with van der Waals surface area (Å²) in [6.07, 6.45) is 0. The number of rotatable bonds is 3. The van der Waals surface area contributed by atoms with E-state index in [1.54, 1.807) is 0 Å². The number of hydrogen-bond acceptors (Lipinski definition) is 6. The van der Waals surface area contributed by atoms with Gasteiger partial charge in [0.2, 0.25) is 0 Å². The summed E-state index contributed by atoms with van der Waals surface area (Å²) < 4.78 is 0. The zero-order valence-corrected chi connectivity index (χ0v) is 10.0. The van der Waals surface area contributed by atoms with Gasteiger partial charge >= 0.3 is 17.1 Å². The summed E-state index contributed by atoms with van der Waals surface area (Å²) in [7, 11) is 0. The Balaban J connectivity index is 0.00000225. The summed E-state index contributed by atoms with van der Waals surface area (Å²) in [5.41, 5.74) is -2.89. The molecule has 0 saturated heterocycles. The summed E-state index contributed by atoms with van der Waals surface area (Å²) in [4.78, 5) is 28.0. The fraction of sp³-hybridized carbons (Fsp3) is 0. The smallest absolute Gasteiger partial charge is 0.258 e. The molecule has 16 heavy (non-hydrogen) atoms. The average Bonchev–Trinajstić information content (AvgIpc) is 2.16. The number of benzene rings is 1. The fourth-order valence-corrected chi connectivity index (χ4v) is 1.00. The first-order valence-electron chi connectivity index (χ1n) is 3.51. The molecule has 0 N–H and O–H groups in total. The van der Waals surface area contributed by atoms with Crippen LogP contribution in [0.3, 0.4) is 0 Å². The molecule has 0 fully saturated rings. The third-order valence-electron chi connectivity index (χ3n) is 1.57. The molecule has 0 heterocycles. The molecule has 0 saturated carbocycles. The van der Waals surface area contributed by atoms with Crippen LogP contribution in [0.4, 0.5) is 17.1 Å². The van der Waals surface area contributed by atoms with Crippen molar-refractivity contribution in [2.45, 2.75) is 0 Å². The largest absolute Gasteiger partial charge is 0.422 e. The normalized spacial score (nSPS) is 9.00. The van der Waals surface area contributed by atoms with Crippen LogP contribution in [0.1, 0.15) is 0 Å². The van der Waals surface area contributed by atoms with E-state index in [0.717, 1.165) is 18.2 Å². The van der Waals surface area contributed by atoms with E-state index in [1.807, 2.05) is 0 Å². The maximum atomic E-state index is 10.4. The quantitative estimate of drug-likeness (QED) is 0.437. The van der Waals surface area contributed by atoms with E-state index in [2.05, 4.69) is 0 Å². The first kappa shape index (κ1) is 14.4. The van der Waals surface area contributed by atoms with Crippen molar-refractivity contribution in [1.82, 2.24) is 0 Å². The molecule has 0 aliphatic carbocycles. The van der Waals surface area contributed by atoms with Gasteiger partial charge in [-0.15, -0.1) is 0 Å². The molecule has 1 aromatic rings. The molecule has 1 radical (unpaired) electrons. The molecule has 9 nitrogen and oxygen atoms in total. The predicted molar refractivity (Wildman–Crippen MR) is 52.2 cm³/mol. The Bertz CT molecular complexity index is 429. The second-order valence-corrected chi connectivity index (χ2v) is 2.42. The van der Waals surface area contributed by atoms with E-state index in [0.29, 0.717) is 0 Å². The molecule has 1 rings (SSSR count). The van der Waals surface area contributed by atoms with E-state index < -0.39 is 31.8 Å². The van der Waals surface area contributed by atoms with Gasteiger partial charge < -0.3 is 0 Å². The number of nitro benzene ring substituents is 3. The van der Waals surface area contributed by atoms with Crippen molar-refractivity contribution in [3.05, 3.63) is 48.5 Å². The average molecular weight is 236 g/mol. The van der Waals surface area contributed by atoms with Crippen LogP contribution >= 0.6 is 0 Å². The Labute approximate surface area is 110 Å². The van der Waals surface area contributed by atoms with Gasteiger partial charge in [-0.1, -0.05) is 0 Å². The summed E-state index contributed by atoms with van der Waals surface area (Å²) in [6, 6.07) is 2.69. The van der Waals surface area contributed by atoms with Crippen LogP contribution in [0.25, 0.3) is 0 Å². The van der Waals surface area contributed by atoms with Crippen LogP contribution in [0.2, 0.25) is 0 Å². The molecule has 1 aromatic carbocycles. The standard InChI is InChI=1S/C6H3N3O6.Na/c10-7(11)4-2-1-3-5(8(12)13)6(4)9(14)15;/h1-3H;. The Morgan fingerprint density at radius 1 is 0.812 bits per heavy atom. The van der Waals surface area contributed by atoms with Gasteiger partial charge in [0, 0.05) is 41.7 Å². The minimum absolute atomic E-state index is 0. The van der Waals surface area contributed by atoms with Crippen LogP contribution in [0.15, 0.2) is 18.2 Å². The van der Waals surface area contributed by atoms with Gasteiger partial charge in [0.05, 0.1) is 14.8 Å². The van der Waals surface area contributed by atoms with Crippen molar-refractivity contribution in [1.29, 1.82) is 0 Å². The Morgan fingerprint density at radius 2 is 1.19 bits per heavy atom. The predicted octanol–water partition coefficient (Wildman–Crippen LogP) is 1.03. The van der Waals surface area contributed by atoms with E-state index in [9.17, 15) is 30.3 Å². The van der Waals surface area contributed by atoms with Crippen molar-refractivity contribution in [2.75, 3.05) is 0 Å². The van der Waals surface area contributed by atoms with E-state index in [1.165, 1.54) is 0 Å². The second kappa shape index (κ2) is 5.49. The van der Waals surface area contributed by atoms with Crippen molar-refractivity contribution in [3.8, 4) is 0 Å². The van der Waals surface area contributed by atoms with E-state index >= 15 is 0 Å². The number of nitro groups is 3. The molecule has 0 spiro atoms. The third kappa shape index (κ3) is 2.72. The van der Waals surface area contributed by atoms with Crippen molar-refractivity contribution in [3.63, 3.8) is 0 Å². The Kier molecular flexibility index (Phi) is 4.95. The topological polar surface area (TPSA) is 129 Å². The summed E-state index contributed by atoms with van der Waals surface area (Å²) in [5, 5.41) is 31.2. The molecule has 0 atom stereocenters. The number of para-hydroxylation sites is 1. The monoisotopic (exact) mass is 236 g/mol. The zero-order chi connectivity index (χ0) is 11.6. The summed E-state index contributed by atoms with van der Waals surface area (Å²) >= 11 is 0. The van der Waals surface area contributed by atoms with Crippen molar-refractivity contribution < 1.29 is 14.8 Å². The molecule has 0 unspecified atom stereocenters. The van der Waals surface area contributed by atoms with Gasteiger partial charge in [0.15, 0.2) is 0 Å². The molecule has 0 amide bonds. The SMILES string of the molecule is O=[N+]([O-])c1cccc([N+](=O)[O-])c1[N+](=O)[O-].[Na]. The van der Waals surface area contributed by atoms with E-state index in [-0.39, 0.29) is 29.6 Å². The number of hydrogen-bond donors (Lipinski definition) is 0. The third-order valence-corrected chi connectivity index (χ3v) is 1.57. The van der Waals surface area contributed by atoms with Crippen LogP contribution in [-0.4, -0.2) is 44.3 Å². The minimum Gasteiger partial charge on any atom is -0.258 e. The molecule has 0 aromatic heterocycles. The van der Waals surface area contributed by atoms with Crippen molar-refractivity contribution >= 4 is 46.6 Å². The molecular weight excluding hydrogens is 233 g/mol. The van der Waals surface area contributed by atoms with Crippen LogP contribution < -0.4 is 0 Å². The number of nitrogens with zero attached hydrogens (tertiary/aromatic N) is 3. The Hall–Kier alpha value is -1.58. The molecule has 0 aliphatic heterocycles. The zero-order valence-electron chi connectivity index (χ0n) is 8.02. The summed E-state index contributed by atoms with van der Waals surface area (Å²) in [5.74, 6) is 0. The maximum absolute atomic E-state index is 10.4. The molecular formula is C6H3N3NaO6. The van der Waals surface area contributed by atoms with Gasteiger partial charge in [-0.05, 0) is 6.07 Å². The fourth-order valence-electron chi connectivity index (χ4n) is 1.00. The molecule has 0 bridgehead atoms. The van der Waals surface area contributed by atoms with Crippen LogP contribution in [0, 0.1) is 30.3 Å². The van der Waals surface area contributed by atoms with Crippen LogP contribution in [-0.2, 0) is 0 Å². The van der Waals surface area contributed by atoms with Gasteiger partial charge in [-0.3, -0.25) is 30.3 Å². The van der Waals surface area contributed by atoms with Crippen molar-refractivity contribution in [2.24, 2.45) is 0 Å². The van der Waals surface area contributed by atoms with E-state index in [4.69, 9.17) is 0 Å². The van der Waals surface area contributed by atoms with Crippen LogP contribution in [0.5, 0.6) is 0 Å². The molecule has 79 valence electrons. The van der Waals surface area contributed by atoms with Gasteiger partial charge in [-0.25, -0.2) is 0 Å².